The minimum atomic E-state index is -5.09. The number of benzene rings is 1. The average Bonchev–Trinajstić information content (AvgIpc) is 2.12. The summed E-state index contributed by atoms with van der Waals surface area (Å²) in [6, 6.07) is 1.57. The molecule has 0 saturated heterocycles. The van der Waals surface area contributed by atoms with Crippen LogP contribution in [0.3, 0.4) is 0 Å². The van der Waals surface area contributed by atoms with Gasteiger partial charge in [0.25, 0.3) is 0 Å². The summed E-state index contributed by atoms with van der Waals surface area (Å²) in [7, 11) is 0. The van der Waals surface area contributed by atoms with E-state index in [-0.39, 0.29) is 4.47 Å². The molecule has 0 radical (unpaired) electrons. The van der Waals surface area contributed by atoms with Crippen LogP contribution in [0.1, 0.15) is 12.5 Å². The maximum atomic E-state index is 13.2. The van der Waals surface area contributed by atoms with Crippen LogP contribution in [-0.4, -0.2) is 11.3 Å². The quantitative estimate of drug-likeness (QED) is 0.622. The lowest BCUT2D eigenvalue weighted by molar-refractivity contribution is -0.259. The summed E-state index contributed by atoms with van der Waals surface area (Å²) in [6.07, 6.45) is -5.09. The van der Waals surface area contributed by atoms with E-state index in [1.54, 1.807) is 0 Å². The second-order valence-electron chi connectivity index (χ2n) is 3.29. The average molecular weight is 305 g/mol. The van der Waals surface area contributed by atoms with Crippen molar-refractivity contribution in [3.05, 3.63) is 33.8 Å². The van der Waals surface area contributed by atoms with Gasteiger partial charge in [-0.25, -0.2) is 8.78 Å². The molecule has 0 aromatic heterocycles. The Morgan fingerprint density at radius 1 is 1.12 bits per heavy atom. The summed E-state index contributed by atoms with van der Waals surface area (Å²) in [5, 5.41) is 9.17. The highest BCUT2D eigenvalue weighted by molar-refractivity contribution is 9.10. The fraction of sp³-hybridized carbons (Fsp3) is 0.333. The second kappa shape index (κ2) is 3.96. The Bertz CT molecular complexity index is 413. The first-order valence-electron chi connectivity index (χ1n) is 4.02. The molecule has 90 valence electrons. The molecule has 1 rings (SSSR count). The van der Waals surface area contributed by atoms with Gasteiger partial charge in [-0.3, -0.25) is 0 Å². The maximum absolute atomic E-state index is 13.2. The molecule has 1 aromatic carbocycles. The third kappa shape index (κ3) is 2.06. The Labute approximate surface area is 96.0 Å². The van der Waals surface area contributed by atoms with Gasteiger partial charge in [-0.15, -0.1) is 0 Å². The number of hydrogen-bond donors (Lipinski definition) is 1. The van der Waals surface area contributed by atoms with E-state index < -0.39 is 29.0 Å². The smallest absolute Gasteiger partial charge is 0.376 e. The minimum Gasteiger partial charge on any atom is -0.376 e. The molecule has 16 heavy (non-hydrogen) atoms. The molecule has 0 aliphatic rings. The van der Waals surface area contributed by atoms with Gasteiger partial charge < -0.3 is 5.11 Å². The topological polar surface area (TPSA) is 20.2 Å². The lowest BCUT2D eigenvalue weighted by Gasteiger charge is -2.27. The fourth-order valence-electron chi connectivity index (χ4n) is 1.05. The minimum absolute atomic E-state index is 0.313. The van der Waals surface area contributed by atoms with Crippen molar-refractivity contribution in [2.75, 3.05) is 0 Å². The van der Waals surface area contributed by atoms with Crippen molar-refractivity contribution < 1.29 is 27.1 Å². The van der Waals surface area contributed by atoms with E-state index >= 15 is 0 Å². The standard InChI is InChI=1S/C9H6BrF5O/c1-8(16,9(13,14)15)4-2-3-5(10)7(12)6(4)11/h2-3,16H,1H3. The summed E-state index contributed by atoms with van der Waals surface area (Å²) in [4.78, 5) is 0. The van der Waals surface area contributed by atoms with Crippen molar-refractivity contribution in [2.24, 2.45) is 0 Å². The molecule has 1 N–H and O–H groups in total. The van der Waals surface area contributed by atoms with E-state index in [1.807, 2.05) is 0 Å². The highest BCUT2D eigenvalue weighted by atomic mass is 79.9. The molecule has 0 spiro atoms. The first-order valence-corrected chi connectivity index (χ1v) is 4.81. The highest BCUT2D eigenvalue weighted by Gasteiger charge is 2.52. The second-order valence-corrected chi connectivity index (χ2v) is 4.15. The van der Waals surface area contributed by atoms with Gasteiger partial charge in [0.05, 0.1) is 4.47 Å². The van der Waals surface area contributed by atoms with Crippen LogP contribution in [0.25, 0.3) is 0 Å². The molecule has 0 heterocycles. The molecular formula is C9H6BrF5O. The first kappa shape index (κ1) is 13.4. The largest absolute Gasteiger partial charge is 0.421 e. The number of alkyl halides is 3. The van der Waals surface area contributed by atoms with Crippen LogP contribution in [0.2, 0.25) is 0 Å². The number of rotatable bonds is 1. The van der Waals surface area contributed by atoms with Crippen LogP contribution in [0.5, 0.6) is 0 Å². The van der Waals surface area contributed by atoms with Crippen molar-refractivity contribution in [3.63, 3.8) is 0 Å². The van der Waals surface area contributed by atoms with E-state index in [4.69, 9.17) is 0 Å². The third-order valence-electron chi connectivity index (χ3n) is 2.11. The van der Waals surface area contributed by atoms with E-state index in [1.165, 1.54) is 0 Å². The van der Waals surface area contributed by atoms with Crippen LogP contribution in [0.15, 0.2) is 16.6 Å². The zero-order valence-corrected chi connectivity index (χ0v) is 9.46. The van der Waals surface area contributed by atoms with Crippen molar-refractivity contribution in [2.45, 2.75) is 18.7 Å². The number of hydrogen-bond acceptors (Lipinski definition) is 1. The molecule has 1 unspecified atom stereocenters. The summed E-state index contributed by atoms with van der Waals surface area (Å²) < 4.78 is 63.1. The number of aliphatic hydroxyl groups is 1. The van der Waals surface area contributed by atoms with E-state index in [0.29, 0.717) is 13.0 Å². The highest BCUT2D eigenvalue weighted by Crippen LogP contribution is 2.40. The third-order valence-corrected chi connectivity index (χ3v) is 2.72. The van der Waals surface area contributed by atoms with Gasteiger partial charge in [-0.1, -0.05) is 6.07 Å². The summed E-state index contributed by atoms with van der Waals surface area (Å²) in [5.41, 5.74) is -4.58. The molecule has 0 aliphatic heterocycles. The lowest BCUT2D eigenvalue weighted by atomic mass is 9.95. The zero-order valence-electron chi connectivity index (χ0n) is 7.87. The maximum Gasteiger partial charge on any atom is 0.421 e. The van der Waals surface area contributed by atoms with E-state index in [2.05, 4.69) is 15.9 Å². The van der Waals surface area contributed by atoms with Crippen molar-refractivity contribution in [1.29, 1.82) is 0 Å². The molecular weight excluding hydrogens is 299 g/mol. The number of halogens is 6. The van der Waals surface area contributed by atoms with Crippen LogP contribution in [-0.2, 0) is 5.60 Å². The van der Waals surface area contributed by atoms with Crippen LogP contribution >= 0.6 is 15.9 Å². The molecule has 1 atom stereocenters. The molecule has 7 heteroatoms. The van der Waals surface area contributed by atoms with E-state index in [9.17, 15) is 27.1 Å². The van der Waals surface area contributed by atoms with E-state index in [0.717, 1.165) is 6.07 Å². The lowest BCUT2D eigenvalue weighted by Crippen LogP contribution is -2.40. The fourth-order valence-corrected chi connectivity index (χ4v) is 1.36. The Kier molecular flexibility index (Phi) is 3.31. The molecule has 1 aromatic rings. The van der Waals surface area contributed by atoms with Crippen molar-refractivity contribution in [1.82, 2.24) is 0 Å². The summed E-state index contributed by atoms with van der Waals surface area (Å²) in [6.45, 7) is 0.360. The SMILES string of the molecule is CC(O)(c1ccc(Br)c(F)c1F)C(F)(F)F. The molecule has 0 aliphatic carbocycles. The molecule has 0 fully saturated rings. The Hall–Kier alpha value is -0.690. The molecule has 0 saturated carbocycles. The normalized spacial score (nSPS) is 16.0. The van der Waals surface area contributed by atoms with Gasteiger partial charge in [-0.05, 0) is 28.9 Å². The zero-order chi connectivity index (χ0) is 12.7. The Balaban J connectivity index is 3.41. The Morgan fingerprint density at radius 2 is 1.62 bits per heavy atom. The molecule has 0 amide bonds. The summed E-state index contributed by atoms with van der Waals surface area (Å²) in [5.74, 6) is -3.20. The van der Waals surface area contributed by atoms with Gasteiger partial charge in [0.1, 0.15) is 0 Å². The molecule has 0 bridgehead atoms. The van der Waals surface area contributed by atoms with Gasteiger partial charge in [0.15, 0.2) is 17.2 Å². The molecule has 1 nitrogen and oxygen atoms in total. The van der Waals surface area contributed by atoms with Gasteiger partial charge >= 0.3 is 6.18 Å². The van der Waals surface area contributed by atoms with Gasteiger partial charge in [0, 0.05) is 5.56 Å². The van der Waals surface area contributed by atoms with Crippen LogP contribution in [0.4, 0.5) is 22.0 Å². The van der Waals surface area contributed by atoms with Crippen molar-refractivity contribution in [3.8, 4) is 0 Å². The predicted octanol–water partition coefficient (Wildman–Crippen LogP) is 3.50. The summed E-state index contributed by atoms with van der Waals surface area (Å²) >= 11 is 2.62. The first-order chi connectivity index (χ1) is 7.09. The van der Waals surface area contributed by atoms with Crippen LogP contribution in [0, 0.1) is 11.6 Å². The van der Waals surface area contributed by atoms with Crippen molar-refractivity contribution >= 4 is 15.9 Å². The van der Waals surface area contributed by atoms with Gasteiger partial charge in [0.2, 0.25) is 0 Å². The van der Waals surface area contributed by atoms with Crippen LogP contribution < -0.4 is 0 Å². The predicted molar refractivity (Wildman–Crippen MR) is 49.7 cm³/mol. The Morgan fingerprint density at radius 3 is 2.06 bits per heavy atom. The van der Waals surface area contributed by atoms with Gasteiger partial charge in [-0.2, -0.15) is 13.2 Å². The monoisotopic (exact) mass is 304 g/mol.